The second kappa shape index (κ2) is 5.19. The number of fused-ring (bicyclic) bond motifs is 1. The second-order valence-electron chi connectivity index (χ2n) is 4.13. The van der Waals surface area contributed by atoms with Crippen LogP contribution in [0.4, 0.5) is 11.5 Å². The molecule has 0 bridgehead atoms. The highest BCUT2D eigenvalue weighted by Gasteiger charge is 2.23. The summed E-state index contributed by atoms with van der Waals surface area (Å²) in [6.45, 7) is 0. The fourth-order valence-electron chi connectivity index (χ4n) is 1.87. The molecule has 0 spiro atoms. The zero-order valence-electron chi connectivity index (χ0n) is 10.6. The summed E-state index contributed by atoms with van der Waals surface area (Å²) in [5.41, 5.74) is 2.47. The molecule has 2 aromatic heterocycles. The first-order valence-electron chi connectivity index (χ1n) is 5.83. The van der Waals surface area contributed by atoms with Crippen molar-refractivity contribution in [2.45, 2.75) is 0 Å². The van der Waals surface area contributed by atoms with Crippen molar-refractivity contribution in [3.05, 3.63) is 41.4 Å². The monoisotopic (exact) mass is 322 g/mol. The first-order chi connectivity index (χ1) is 10.1. The van der Waals surface area contributed by atoms with Crippen LogP contribution in [-0.2, 0) is 15.0 Å². The van der Waals surface area contributed by atoms with Gasteiger partial charge < -0.3 is 4.98 Å². The molecule has 21 heavy (non-hydrogen) atoms. The van der Waals surface area contributed by atoms with Crippen molar-refractivity contribution in [3.8, 4) is 0 Å². The van der Waals surface area contributed by atoms with Crippen molar-refractivity contribution in [1.82, 2.24) is 9.97 Å². The minimum Gasteiger partial charge on any atom is -0.361 e. The topological polar surface area (TPSA) is 95.2 Å². The summed E-state index contributed by atoms with van der Waals surface area (Å²) in [5, 5.41) is 2.46. The number of aromatic nitrogens is 2. The summed E-state index contributed by atoms with van der Waals surface area (Å²) in [7, 11) is -4.05. The number of anilines is 2. The average molecular weight is 322 g/mol. The molecule has 0 aliphatic carbocycles. The quantitative estimate of drug-likeness (QED) is 0.702. The summed E-state index contributed by atoms with van der Waals surface area (Å²) < 4.78 is 27.4. The van der Waals surface area contributed by atoms with E-state index in [1.165, 1.54) is 22.2 Å². The van der Waals surface area contributed by atoms with E-state index in [4.69, 9.17) is 0 Å². The van der Waals surface area contributed by atoms with E-state index in [9.17, 15) is 13.2 Å². The van der Waals surface area contributed by atoms with Gasteiger partial charge in [0.05, 0.1) is 11.2 Å². The Kier molecular flexibility index (Phi) is 3.35. The number of thiazole rings is 1. The molecule has 0 unspecified atom stereocenters. The maximum Gasteiger partial charge on any atom is 0.331 e. The van der Waals surface area contributed by atoms with E-state index in [0.717, 1.165) is 10.9 Å². The maximum absolute atomic E-state index is 12.2. The van der Waals surface area contributed by atoms with Gasteiger partial charge in [-0.15, -0.1) is 11.3 Å². The molecule has 0 fully saturated rings. The third-order valence-corrected chi connectivity index (χ3v) is 4.68. The van der Waals surface area contributed by atoms with Crippen LogP contribution < -0.4 is 9.03 Å². The zero-order chi connectivity index (χ0) is 14.9. The number of hydrogen-bond donors (Lipinski definition) is 2. The summed E-state index contributed by atoms with van der Waals surface area (Å²) in [6, 6.07) is 6.73. The van der Waals surface area contributed by atoms with Gasteiger partial charge in [-0.25, -0.2) is 9.71 Å². The molecular formula is C12H10N4O3S2. The lowest BCUT2D eigenvalue weighted by Gasteiger charge is -2.17. The Bertz CT molecular complexity index is 871. The van der Waals surface area contributed by atoms with Crippen molar-refractivity contribution in [1.29, 1.82) is 0 Å². The van der Waals surface area contributed by atoms with Gasteiger partial charge in [0.25, 0.3) is 0 Å². The Morgan fingerprint density at radius 1 is 1.33 bits per heavy atom. The molecule has 2 N–H and O–H groups in total. The van der Waals surface area contributed by atoms with Crippen molar-refractivity contribution in [3.63, 3.8) is 0 Å². The number of nitrogens with zero attached hydrogens (tertiary/aromatic N) is 2. The number of benzene rings is 1. The van der Waals surface area contributed by atoms with Gasteiger partial charge in [-0.05, 0) is 23.6 Å². The Balaban J connectivity index is 1.98. The zero-order valence-corrected chi connectivity index (χ0v) is 12.2. The summed E-state index contributed by atoms with van der Waals surface area (Å²) in [5.74, 6) is 0.174. The molecule has 0 aliphatic heterocycles. The molecule has 108 valence electrons. The third-order valence-electron chi connectivity index (χ3n) is 2.81. The smallest absolute Gasteiger partial charge is 0.331 e. The third kappa shape index (κ3) is 2.60. The summed E-state index contributed by atoms with van der Waals surface area (Å²) in [4.78, 5) is 18.0. The first kappa shape index (κ1) is 13.6. The SMILES string of the molecule is O=CN(c1ccc2cc[nH]c2c1)S(=O)(=O)Nc1cscn1. The lowest BCUT2D eigenvalue weighted by atomic mass is 10.2. The van der Waals surface area contributed by atoms with E-state index < -0.39 is 10.2 Å². The predicted octanol–water partition coefficient (Wildman–Crippen LogP) is 1.94. The Hall–Kier alpha value is -2.39. The molecule has 7 nitrogen and oxygen atoms in total. The lowest BCUT2D eigenvalue weighted by Crippen LogP contribution is -2.34. The highest BCUT2D eigenvalue weighted by molar-refractivity contribution is 7.94. The highest BCUT2D eigenvalue weighted by atomic mass is 32.2. The summed E-state index contributed by atoms with van der Waals surface area (Å²) in [6.07, 6.45) is 1.99. The standard InChI is InChI=1S/C12H10N4O3S2/c17-8-16(21(18,19)15-12-6-20-7-14-12)10-2-1-9-3-4-13-11(9)5-10/h1-8,13,15H. The van der Waals surface area contributed by atoms with E-state index in [2.05, 4.69) is 14.7 Å². The van der Waals surface area contributed by atoms with Crippen LogP contribution in [0.2, 0.25) is 0 Å². The number of H-pyrrole nitrogens is 1. The van der Waals surface area contributed by atoms with Gasteiger partial charge >= 0.3 is 10.2 Å². The van der Waals surface area contributed by atoms with Crippen molar-refractivity contribution >= 4 is 50.4 Å². The van der Waals surface area contributed by atoms with Gasteiger partial charge in [0, 0.05) is 17.1 Å². The molecule has 3 rings (SSSR count). The summed E-state index contributed by atoms with van der Waals surface area (Å²) >= 11 is 1.25. The molecule has 0 saturated carbocycles. The Morgan fingerprint density at radius 3 is 2.90 bits per heavy atom. The van der Waals surface area contributed by atoms with Crippen LogP contribution in [0.1, 0.15) is 0 Å². The van der Waals surface area contributed by atoms with Crippen LogP contribution in [0.15, 0.2) is 41.4 Å². The van der Waals surface area contributed by atoms with E-state index in [-0.39, 0.29) is 17.9 Å². The molecule has 0 aliphatic rings. The van der Waals surface area contributed by atoms with Crippen molar-refractivity contribution in [2.24, 2.45) is 0 Å². The second-order valence-corrected chi connectivity index (χ2v) is 6.40. The number of amides is 1. The number of rotatable bonds is 5. The van der Waals surface area contributed by atoms with Gasteiger partial charge in [-0.3, -0.25) is 4.79 Å². The maximum atomic E-state index is 12.2. The van der Waals surface area contributed by atoms with Gasteiger partial charge in [-0.1, -0.05) is 6.07 Å². The Labute approximate surface area is 124 Å². The molecule has 3 aromatic rings. The van der Waals surface area contributed by atoms with Crippen molar-refractivity contribution < 1.29 is 13.2 Å². The molecular weight excluding hydrogens is 312 g/mol. The number of aromatic amines is 1. The molecule has 0 saturated heterocycles. The minimum absolute atomic E-state index is 0.174. The van der Waals surface area contributed by atoms with E-state index >= 15 is 0 Å². The van der Waals surface area contributed by atoms with Gasteiger partial charge in [0.15, 0.2) is 5.82 Å². The van der Waals surface area contributed by atoms with Crippen LogP contribution >= 0.6 is 11.3 Å². The minimum atomic E-state index is -4.05. The largest absolute Gasteiger partial charge is 0.361 e. The molecule has 1 aromatic carbocycles. The van der Waals surface area contributed by atoms with Crippen LogP contribution in [0.25, 0.3) is 10.9 Å². The average Bonchev–Trinajstić information content (AvgIpc) is 3.09. The first-order valence-corrected chi connectivity index (χ1v) is 8.21. The van der Waals surface area contributed by atoms with E-state index in [1.54, 1.807) is 24.4 Å². The predicted molar refractivity (Wildman–Crippen MR) is 81.5 cm³/mol. The number of carbonyl (C=O) groups is 1. The molecule has 1 amide bonds. The normalized spacial score (nSPS) is 11.4. The van der Waals surface area contributed by atoms with Crippen molar-refractivity contribution in [2.75, 3.05) is 9.03 Å². The van der Waals surface area contributed by atoms with Gasteiger partial charge in [-0.2, -0.15) is 12.7 Å². The molecule has 9 heteroatoms. The van der Waals surface area contributed by atoms with Crippen LogP contribution in [0.5, 0.6) is 0 Å². The Morgan fingerprint density at radius 2 is 2.19 bits per heavy atom. The van der Waals surface area contributed by atoms with E-state index in [1.807, 2.05) is 6.07 Å². The molecule has 0 atom stereocenters. The number of nitrogens with one attached hydrogen (secondary N) is 2. The lowest BCUT2D eigenvalue weighted by molar-refractivity contribution is -0.106. The van der Waals surface area contributed by atoms with E-state index in [0.29, 0.717) is 4.31 Å². The number of hydrogen-bond acceptors (Lipinski definition) is 5. The fourth-order valence-corrected chi connectivity index (χ4v) is 3.41. The van der Waals surface area contributed by atoms with Crippen LogP contribution in [-0.4, -0.2) is 24.8 Å². The molecule has 2 heterocycles. The van der Waals surface area contributed by atoms with Gasteiger partial charge in [0.1, 0.15) is 0 Å². The number of carbonyl (C=O) groups excluding carboxylic acids is 1. The molecule has 0 radical (unpaired) electrons. The highest BCUT2D eigenvalue weighted by Crippen LogP contribution is 2.23. The fraction of sp³-hybridized carbons (Fsp3) is 0. The van der Waals surface area contributed by atoms with Crippen LogP contribution in [0, 0.1) is 0 Å². The van der Waals surface area contributed by atoms with Gasteiger partial charge in [0.2, 0.25) is 6.41 Å². The van der Waals surface area contributed by atoms with Crippen LogP contribution in [0.3, 0.4) is 0 Å².